The van der Waals surface area contributed by atoms with Crippen molar-refractivity contribution in [3.8, 4) is 0 Å². The van der Waals surface area contributed by atoms with Crippen molar-refractivity contribution in [2.45, 2.75) is 71.0 Å². The fourth-order valence-corrected chi connectivity index (χ4v) is 3.98. The van der Waals surface area contributed by atoms with Crippen LogP contribution in [0.15, 0.2) is 0 Å². The van der Waals surface area contributed by atoms with Gasteiger partial charge in [-0.2, -0.15) is 0 Å². The number of carboxylic acid groups (broad SMARTS) is 1. The molecule has 1 saturated carbocycles. The highest BCUT2D eigenvalue weighted by molar-refractivity contribution is 5.72. The maximum Gasteiger partial charge on any atom is 0.332 e. The van der Waals surface area contributed by atoms with Crippen molar-refractivity contribution in [3.63, 3.8) is 0 Å². The smallest absolute Gasteiger partial charge is 0.332 e. The molecule has 0 spiro atoms. The minimum absolute atomic E-state index is 0.0774. The van der Waals surface area contributed by atoms with Crippen molar-refractivity contribution in [2.75, 3.05) is 13.1 Å². The van der Waals surface area contributed by atoms with Gasteiger partial charge in [0.05, 0.1) is 6.10 Å². The van der Waals surface area contributed by atoms with Gasteiger partial charge < -0.3 is 15.2 Å². The molecule has 2 rings (SSSR count). The Morgan fingerprint density at radius 3 is 2.60 bits per heavy atom. The quantitative estimate of drug-likeness (QED) is 0.754. The standard InChI is InChI=1S/C16H29NO3/c1-12(2)9-16(7-3-4-8-16)11-17-10-13-5-6-14(20-13)15(18)19/h12-14,17H,3-11H2,1-2H3,(H,18,19). The number of carboxylic acids is 1. The molecule has 20 heavy (non-hydrogen) atoms. The summed E-state index contributed by atoms with van der Waals surface area (Å²) in [5.74, 6) is -0.0754. The van der Waals surface area contributed by atoms with Crippen LogP contribution in [0, 0.1) is 11.3 Å². The van der Waals surface area contributed by atoms with Gasteiger partial charge in [-0.25, -0.2) is 4.79 Å². The van der Waals surface area contributed by atoms with Crippen molar-refractivity contribution >= 4 is 5.97 Å². The number of ether oxygens (including phenoxy) is 1. The molecule has 2 aliphatic rings. The fraction of sp³-hybridized carbons (Fsp3) is 0.938. The zero-order valence-electron chi connectivity index (χ0n) is 12.9. The fourth-order valence-electron chi connectivity index (χ4n) is 3.98. The predicted octanol–water partition coefficient (Wildman–Crippen LogP) is 2.81. The second-order valence-electron chi connectivity index (χ2n) is 7.10. The van der Waals surface area contributed by atoms with E-state index in [4.69, 9.17) is 9.84 Å². The van der Waals surface area contributed by atoms with Gasteiger partial charge in [0, 0.05) is 13.1 Å². The normalized spacial score (nSPS) is 29.1. The first-order chi connectivity index (χ1) is 9.51. The van der Waals surface area contributed by atoms with Crippen LogP contribution in [-0.4, -0.2) is 36.4 Å². The van der Waals surface area contributed by atoms with E-state index in [1.165, 1.54) is 32.1 Å². The van der Waals surface area contributed by atoms with Crippen LogP contribution in [0.4, 0.5) is 0 Å². The molecule has 2 N–H and O–H groups in total. The first-order valence-corrected chi connectivity index (χ1v) is 8.10. The summed E-state index contributed by atoms with van der Waals surface area (Å²) in [6.07, 6.45) is 7.68. The lowest BCUT2D eigenvalue weighted by Crippen LogP contribution is -2.37. The molecule has 0 aromatic heterocycles. The largest absolute Gasteiger partial charge is 0.479 e. The summed E-state index contributed by atoms with van der Waals surface area (Å²) in [5, 5.41) is 12.5. The second kappa shape index (κ2) is 6.90. The van der Waals surface area contributed by atoms with Gasteiger partial charge in [0.25, 0.3) is 0 Å². The molecule has 1 aliphatic heterocycles. The summed E-state index contributed by atoms with van der Waals surface area (Å²) in [6.45, 7) is 6.46. The van der Waals surface area contributed by atoms with E-state index in [0.29, 0.717) is 11.8 Å². The van der Waals surface area contributed by atoms with Gasteiger partial charge in [-0.3, -0.25) is 0 Å². The van der Waals surface area contributed by atoms with Crippen LogP contribution in [0.3, 0.4) is 0 Å². The topological polar surface area (TPSA) is 58.6 Å². The lowest BCUT2D eigenvalue weighted by atomic mass is 9.78. The Balaban J connectivity index is 1.73. The van der Waals surface area contributed by atoms with Crippen molar-refractivity contribution in [3.05, 3.63) is 0 Å². The minimum Gasteiger partial charge on any atom is -0.479 e. The van der Waals surface area contributed by atoms with E-state index in [1.54, 1.807) is 0 Å². The number of carbonyl (C=O) groups is 1. The third-order valence-electron chi connectivity index (χ3n) is 4.76. The van der Waals surface area contributed by atoms with Crippen molar-refractivity contribution in [1.82, 2.24) is 5.32 Å². The van der Waals surface area contributed by atoms with E-state index in [9.17, 15) is 4.79 Å². The van der Waals surface area contributed by atoms with Crippen LogP contribution in [-0.2, 0) is 9.53 Å². The Bertz CT molecular complexity index is 324. The van der Waals surface area contributed by atoms with Crippen molar-refractivity contribution in [2.24, 2.45) is 11.3 Å². The summed E-state index contributed by atoms with van der Waals surface area (Å²) < 4.78 is 5.54. The molecule has 0 amide bonds. The Labute approximate surface area is 122 Å². The van der Waals surface area contributed by atoms with Gasteiger partial charge in [0.1, 0.15) is 0 Å². The highest BCUT2D eigenvalue weighted by Crippen LogP contribution is 2.42. The van der Waals surface area contributed by atoms with E-state index >= 15 is 0 Å². The maximum absolute atomic E-state index is 10.9. The molecule has 0 aromatic carbocycles. The van der Waals surface area contributed by atoms with Gasteiger partial charge in [0.15, 0.2) is 6.10 Å². The first-order valence-electron chi connectivity index (χ1n) is 8.10. The molecular formula is C16H29NO3. The Hall–Kier alpha value is -0.610. The molecular weight excluding hydrogens is 254 g/mol. The van der Waals surface area contributed by atoms with Crippen LogP contribution < -0.4 is 5.32 Å². The number of hydrogen-bond donors (Lipinski definition) is 2. The summed E-state index contributed by atoms with van der Waals surface area (Å²) in [7, 11) is 0. The molecule has 2 atom stereocenters. The second-order valence-corrected chi connectivity index (χ2v) is 7.10. The molecule has 0 bridgehead atoms. The van der Waals surface area contributed by atoms with Gasteiger partial charge in [-0.15, -0.1) is 0 Å². The summed E-state index contributed by atoms with van der Waals surface area (Å²) >= 11 is 0. The van der Waals surface area contributed by atoms with Crippen LogP contribution in [0.25, 0.3) is 0 Å². The Kier molecular flexibility index (Phi) is 5.44. The van der Waals surface area contributed by atoms with Crippen LogP contribution in [0.2, 0.25) is 0 Å². The zero-order chi connectivity index (χ0) is 14.6. The van der Waals surface area contributed by atoms with E-state index in [0.717, 1.165) is 25.4 Å². The third-order valence-corrected chi connectivity index (χ3v) is 4.76. The van der Waals surface area contributed by atoms with Crippen LogP contribution in [0.5, 0.6) is 0 Å². The van der Waals surface area contributed by atoms with Crippen LogP contribution in [0.1, 0.15) is 58.8 Å². The lowest BCUT2D eigenvalue weighted by molar-refractivity contribution is -0.149. The molecule has 1 aliphatic carbocycles. The predicted molar refractivity (Wildman–Crippen MR) is 78.8 cm³/mol. The molecule has 4 nitrogen and oxygen atoms in total. The highest BCUT2D eigenvalue weighted by Gasteiger charge is 2.35. The van der Waals surface area contributed by atoms with E-state index in [-0.39, 0.29) is 6.10 Å². The number of aliphatic carboxylic acids is 1. The zero-order valence-corrected chi connectivity index (χ0v) is 12.9. The molecule has 2 fully saturated rings. The average molecular weight is 283 g/mol. The third kappa shape index (κ3) is 4.19. The minimum atomic E-state index is -0.820. The molecule has 116 valence electrons. The van der Waals surface area contributed by atoms with E-state index < -0.39 is 12.1 Å². The van der Waals surface area contributed by atoms with Gasteiger partial charge in [-0.05, 0) is 43.4 Å². The first kappa shape index (κ1) is 15.8. The highest BCUT2D eigenvalue weighted by atomic mass is 16.5. The number of nitrogens with one attached hydrogen (secondary N) is 1. The van der Waals surface area contributed by atoms with Crippen molar-refractivity contribution < 1.29 is 14.6 Å². The monoisotopic (exact) mass is 283 g/mol. The van der Waals surface area contributed by atoms with E-state index in [2.05, 4.69) is 19.2 Å². The molecule has 1 heterocycles. The molecule has 1 saturated heterocycles. The molecule has 2 unspecified atom stereocenters. The van der Waals surface area contributed by atoms with Crippen LogP contribution >= 0.6 is 0 Å². The Morgan fingerprint density at radius 1 is 1.35 bits per heavy atom. The Morgan fingerprint density at radius 2 is 2.05 bits per heavy atom. The summed E-state index contributed by atoms with van der Waals surface area (Å²) in [6, 6.07) is 0. The average Bonchev–Trinajstić information content (AvgIpc) is 2.98. The number of hydrogen-bond acceptors (Lipinski definition) is 3. The van der Waals surface area contributed by atoms with Gasteiger partial charge in [0.2, 0.25) is 0 Å². The summed E-state index contributed by atoms with van der Waals surface area (Å²) in [4.78, 5) is 10.9. The lowest BCUT2D eigenvalue weighted by Gasteiger charge is -2.31. The summed E-state index contributed by atoms with van der Waals surface area (Å²) in [5.41, 5.74) is 0.471. The maximum atomic E-state index is 10.9. The molecule has 4 heteroatoms. The molecule has 0 aromatic rings. The van der Waals surface area contributed by atoms with Gasteiger partial charge >= 0.3 is 5.97 Å². The van der Waals surface area contributed by atoms with Crippen molar-refractivity contribution in [1.29, 1.82) is 0 Å². The molecule has 0 radical (unpaired) electrons. The SMILES string of the molecule is CC(C)CC1(CNCC2CCC(C(=O)O)O2)CCCC1. The number of rotatable bonds is 7. The van der Waals surface area contributed by atoms with E-state index in [1.807, 2.05) is 0 Å². The van der Waals surface area contributed by atoms with Gasteiger partial charge in [-0.1, -0.05) is 26.7 Å².